The number of nitrogens with one attached hydrogen (secondary N) is 1. The molecule has 0 spiro atoms. The Hall–Kier alpha value is 0.390. The molecule has 0 radical (unpaired) electrons. The Morgan fingerprint density at radius 2 is 2.19 bits per heavy atom. The summed E-state index contributed by atoms with van der Waals surface area (Å²) in [5.41, 5.74) is 0. The van der Waals surface area contributed by atoms with Gasteiger partial charge >= 0.3 is 0 Å². The third-order valence-corrected chi connectivity index (χ3v) is 4.68. The van der Waals surface area contributed by atoms with Gasteiger partial charge in [-0.15, -0.1) is 23.7 Å². The lowest BCUT2D eigenvalue weighted by atomic mass is 10.1. The van der Waals surface area contributed by atoms with Gasteiger partial charge in [0.25, 0.3) is 0 Å². The fourth-order valence-corrected chi connectivity index (χ4v) is 3.53. The smallest absolute Gasteiger partial charge is 0.0328 e. The Labute approximate surface area is 116 Å². The van der Waals surface area contributed by atoms with Gasteiger partial charge in [-0.05, 0) is 55.0 Å². The molecule has 16 heavy (non-hydrogen) atoms. The van der Waals surface area contributed by atoms with Gasteiger partial charge in [0, 0.05) is 27.3 Å². The molecule has 1 aliphatic rings. The van der Waals surface area contributed by atoms with Crippen molar-refractivity contribution in [3.63, 3.8) is 0 Å². The molecule has 0 aromatic carbocycles. The maximum atomic E-state index is 3.50. The van der Waals surface area contributed by atoms with Crippen LogP contribution in [-0.4, -0.2) is 31.1 Å². The van der Waals surface area contributed by atoms with Crippen LogP contribution in [0.2, 0.25) is 0 Å². The molecule has 0 amide bonds. The molecule has 92 valence electrons. The van der Waals surface area contributed by atoms with Crippen LogP contribution in [0, 0.1) is 0 Å². The maximum Gasteiger partial charge on any atom is 0.0328 e. The fraction of sp³-hybridized carbons (Fsp3) is 0.636. The van der Waals surface area contributed by atoms with E-state index < -0.39 is 0 Å². The largest absolute Gasteiger partial charge is 0.317 e. The van der Waals surface area contributed by atoms with E-state index in [9.17, 15) is 0 Å². The van der Waals surface area contributed by atoms with Gasteiger partial charge in [-0.1, -0.05) is 0 Å². The average molecular weight is 326 g/mol. The van der Waals surface area contributed by atoms with Crippen molar-refractivity contribution in [1.29, 1.82) is 0 Å². The van der Waals surface area contributed by atoms with Crippen molar-refractivity contribution >= 4 is 39.7 Å². The van der Waals surface area contributed by atoms with Crippen LogP contribution in [0.3, 0.4) is 0 Å². The molecular weight excluding hydrogens is 308 g/mol. The van der Waals surface area contributed by atoms with Gasteiger partial charge < -0.3 is 5.32 Å². The Morgan fingerprint density at radius 3 is 2.69 bits per heavy atom. The molecule has 2 nitrogen and oxygen atoms in total. The van der Waals surface area contributed by atoms with E-state index in [-0.39, 0.29) is 12.4 Å². The molecule has 0 bridgehead atoms. The second kappa shape index (κ2) is 6.97. The highest BCUT2D eigenvalue weighted by atomic mass is 79.9. The second-order valence-corrected chi connectivity index (χ2v) is 5.98. The first-order chi connectivity index (χ1) is 7.28. The molecule has 2 rings (SSSR count). The lowest BCUT2D eigenvalue weighted by molar-refractivity contribution is 0.196. The van der Waals surface area contributed by atoms with Crippen LogP contribution < -0.4 is 5.32 Å². The molecule has 1 aromatic heterocycles. The molecule has 0 unspecified atom stereocenters. The zero-order chi connectivity index (χ0) is 10.7. The Kier molecular flexibility index (Phi) is 6.29. The zero-order valence-corrected chi connectivity index (χ0v) is 12.6. The van der Waals surface area contributed by atoms with E-state index in [1.807, 2.05) is 11.3 Å². The second-order valence-electron chi connectivity index (χ2n) is 4.07. The highest BCUT2D eigenvalue weighted by molar-refractivity contribution is 9.10. The molecule has 0 atom stereocenters. The Balaban J connectivity index is 0.00000128. The number of piperidine rings is 1. The predicted octanol–water partition coefficient (Wildman–Crippen LogP) is 3.12. The van der Waals surface area contributed by atoms with Crippen molar-refractivity contribution in [2.24, 2.45) is 0 Å². The predicted molar refractivity (Wildman–Crippen MR) is 76.6 cm³/mol. The van der Waals surface area contributed by atoms with Crippen molar-refractivity contribution < 1.29 is 0 Å². The van der Waals surface area contributed by atoms with E-state index in [2.05, 4.69) is 44.6 Å². The number of thiophene rings is 1. The fourth-order valence-electron chi connectivity index (χ4n) is 2.04. The van der Waals surface area contributed by atoms with Crippen LogP contribution in [0.15, 0.2) is 15.9 Å². The van der Waals surface area contributed by atoms with Crippen LogP contribution >= 0.6 is 39.7 Å². The third-order valence-electron chi connectivity index (χ3n) is 3.00. The third kappa shape index (κ3) is 4.00. The first-order valence-corrected chi connectivity index (χ1v) is 7.07. The van der Waals surface area contributed by atoms with Crippen LogP contribution in [-0.2, 0) is 6.54 Å². The summed E-state index contributed by atoms with van der Waals surface area (Å²) < 4.78 is 1.22. The van der Waals surface area contributed by atoms with Crippen LogP contribution in [0.1, 0.15) is 17.7 Å². The van der Waals surface area contributed by atoms with E-state index in [0.29, 0.717) is 0 Å². The first kappa shape index (κ1) is 14.5. The number of likely N-dealkylation sites (tertiary alicyclic amines) is 1. The van der Waals surface area contributed by atoms with Gasteiger partial charge in [0.2, 0.25) is 0 Å². The molecule has 1 N–H and O–H groups in total. The lowest BCUT2D eigenvalue weighted by Gasteiger charge is -2.31. The SMILES string of the molecule is CNC1CCN(Cc2cc(Br)cs2)CC1.Cl. The summed E-state index contributed by atoms with van der Waals surface area (Å²) >= 11 is 5.35. The Morgan fingerprint density at radius 1 is 1.50 bits per heavy atom. The zero-order valence-electron chi connectivity index (χ0n) is 9.41. The molecule has 1 aromatic rings. The summed E-state index contributed by atoms with van der Waals surface area (Å²) in [6.45, 7) is 3.56. The van der Waals surface area contributed by atoms with Crippen LogP contribution in [0.5, 0.6) is 0 Å². The Bertz CT molecular complexity index is 311. The molecule has 5 heteroatoms. The number of rotatable bonds is 3. The summed E-state index contributed by atoms with van der Waals surface area (Å²) in [6.07, 6.45) is 2.56. The summed E-state index contributed by atoms with van der Waals surface area (Å²) in [6, 6.07) is 2.96. The normalized spacial score (nSPS) is 18.4. The minimum Gasteiger partial charge on any atom is -0.317 e. The van der Waals surface area contributed by atoms with Crippen molar-refractivity contribution in [3.05, 3.63) is 20.8 Å². The van der Waals surface area contributed by atoms with Gasteiger partial charge in [0.15, 0.2) is 0 Å². The topological polar surface area (TPSA) is 15.3 Å². The summed E-state index contributed by atoms with van der Waals surface area (Å²) in [7, 11) is 2.07. The van der Waals surface area contributed by atoms with Crippen molar-refractivity contribution in [2.45, 2.75) is 25.4 Å². The van der Waals surface area contributed by atoms with Gasteiger partial charge in [-0.2, -0.15) is 0 Å². The number of hydrogen-bond acceptors (Lipinski definition) is 3. The highest BCUT2D eigenvalue weighted by Gasteiger charge is 2.17. The van der Waals surface area contributed by atoms with E-state index >= 15 is 0 Å². The number of hydrogen-bond donors (Lipinski definition) is 1. The van der Waals surface area contributed by atoms with Gasteiger partial charge in [0.1, 0.15) is 0 Å². The maximum absolute atomic E-state index is 3.50. The molecule has 1 aliphatic heterocycles. The number of halogens is 2. The van der Waals surface area contributed by atoms with Crippen molar-refractivity contribution in [2.75, 3.05) is 20.1 Å². The molecule has 1 fully saturated rings. The summed E-state index contributed by atoms with van der Waals surface area (Å²) in [5, 5.41) is 5.52. The molecule has 2 heterocycles. The summed E-state index contributed by atoms with van der Waals surface area (Å²) in [5.74, 6) is 0. The molecule has 1 saturated heterocycles. The van der Waals surface area contributed by atoms with Gasteiger partial charge in [-0.25, -0.2) is 0 Å². The highest BCUT2D eigenvalue weighted by Crippen LogP contribution is 2.22. The first-order valence-electron chi connectivity index (χ1n) is 5.40. The average Bonchev–Trinajstić information content (AvgIpc) is 2.65. The lowest BCUT2D eigenvalue weighted by Crippen LogP contribution is -2.40. The van der Waals surface area contributed by atoms with Crippen molar-refractivity contribution in [1.82, 2.24) is 10.2 Å². The van der Waals surface area contributed by atoms with Gasteiger partial charge in [0.05, 0.1) is 0 Å². The van der Waals surface area contributed by atoms with E-state index in [0.717, 1.165) is 12.6 Å². The minimum atomic E-state index is 0. The van der Waals surface area contributed by atoms with Crippen LogP contribution in [0.25, 0.3) is 0 Å². The minimum absolute atomic E-state index is 0. The molecular formula is C11H18BrClN2S. The van der Waals surface area contributed by atoms with Crippen LogP contribution in [0.4, 0.5) is 0 Å². The van der Waals surface area contributed by atoms with E-state index in [1.165, 1.54) is 35.3 Å². The monoisotopic (exact) mass is 324 g/mol. The number of nitrogens with zero attached hydrogens (tertiary/aromatic N) is 1. The quantitative estimate of drug-likeness (QED) is 0.918. The van der Waals surface area contributed by atoms with Crippen molar-refractivity contribution in [3.8, 4) is 0 Å². The van der Waals surface area contributed by atoms with E-state index in [1.54, 1.807) is 0 Å². The van der Waals surface area contributed by atoms with Gasteiger partial charge in [-0.3, -0.25) is 4.90 Å². The van der Waals surface area contributed by atoms with E-state index in [4.69, 9.17) is 0 Å². The standard InChI is InChI=1S/C11H17BrN2S.ClH/c1-13-10-2-4-14(5-3-10)7-11-6-9(12)8-15-11;/h6,8,10,13H,2-5,7H2,1H3;1H. The molecule has 0 saturated carbocycles. The summed E-state index contributed by atoms with van der Waals surface area (Å²) in [4.78, 5) is 4.01. The molecule has 0 aliphatic carbocycles.